The Morgan fingerprint density at radius 3 is 2.42 bits per heavy atom. The predicted molar refractivity (Wildman–Crippen MR) is 123 cm³/mol. The molecule has 160 valence electrons. The summed E-state index contributed by atoms with van der Waals surface area (Å²) in [5, 5.41) is 11.7. The third-order valence-corrected chi connectivity index (χ3v) is 6.07. The van der Waals surface area contributed by atoms with Gasteiger partial charge in [-0.3, -0.25) is 9.59 Å². The molecule has 0 aliphatic carbocycles. The van der Waals surface area contributed by atoms with Crippen molar-refractivity contribution in [2.24, 2.45) is 0 Å². The van der Waals surface area contributed by atoms with E-state index in [1.807, 2.05) is 79.4 Å². The Kier molecular flexibility index (Phi) is 6.05. The number of aliphatic hydroxyl groups excluding tert-OH is 1. The van der Waals surface area contributed by atoms with Gasteiger partial charge in [0.1, 0.15) is 0 Å². The molecule has 5 nitrogen and oxygen atoms in total. The summed E-state index contributed by atoms with van der Waals surface area (Å²) in [6, 6.07) is 19.4. The molecule has 0 saturated carbocycles. The van der Waals surface area contributed by atoms with Crippen molar-refractivity contribution in [2.75, 3.05) is 26.2 Å². The number of β-amino-alcohol motifs (C(OH)–C–C–N with tert-alkyl or cyclic N) is 1. The topological polar surface area (TPSA) is 60.9 Å². The highest BCUT2D eigenvalue weighted by molar-refractivity contribution is 6.10. The lowest BCUT2D eigenvalue weighted by molar-refractivity contribution is 0.0762. The molecule has 0 spiro atoms. The van der Waals surface area contributed by atoms with E-state index in [-0.39, 0.29) is 11.8 Å². The Morgan fingerprint density at radius 1 is 1.00 bits per heavy atom. The first kappa shape index (κ1) is 21.1. The summed E-state index contributed by atoms with van der Waals surface area (Å²) in [5.41, 5.74) is 3.24. The fraction of sp³-hybridized carbons (Fsp3) is 0.308. The summed E-state index contributed by atoms with van der Waals surface area (Å²) < 4.78 is 0. The number of benzene rings is 3. The first-order chi connectivity index (χ1) is 15.0. The lowest BCUT2D eigenvalue weighted by Gasteiger charge is -2.19. The van der Waals surface area contributed by atoms with Crippen molar-refractivity contribution in [3.8, 4) is 11.1 Å². The minimum absolute atomic E-state index is 0.0237. The molecular formula is C26H28N2O3. The van der Waals surface area contributed by atoms with Crippen LogP contribution in [0, 0.1) is 0 Å². The molecular weight excluding hydrogens is 388 g/mol. The third kappa shape index (κ3) is 4.06. The zero-order valence-corrected chi connectivity index (χ0v) is 18.0. The Morgan fingerprint density at radius 2 is 1.71 bits per heavy atom. The van der Waals surface area contributed by atoms with Crippen LogP contribution in [0.15, 0.2) is 60.7 Å². The molecule has 1 aliphatic heterocycles. The highest BCUT2D eigenvalue weighted by Crippen LogP contribution is 2.32. The van der Waals surface area contributed by atoms with Gasteiger partial charge in [-0.15, -0.1) is 0 Å². The molecule has 31 heavy (non-hydrogen) atoms. The molecule has 0 aromatic heterocycles. The second-order valence-electron chi connectivity index (χ2n) is 7.96. The van der Waals surface area contributed by atoms with Crippen LogP contribution in [-0.2, 0) is 0 Å². The van der Waals surface area contributed by atoms with Gasteiger partial charge < -0.3 is 14.9 Å². The van der Waals surface area contributed by atoms with E-state index in [1.54, 1.807) is 4.90 Å². The highest BCUT2D eigenvalue weighted by atomic mass is 16.3. The Balaban J connectivity index is 1.75. The summed E-state index contributed by atoms with van der Waals surface area (Å²) in [5.74, 6) is -0.0275. The summed E-state index contributed by atoms with van der Waals surface area (Å²) in [6.07, 6.45) is 0.176. The second kappa shape index (κ2) is 8.90. The van der Waals surface area contributed by atoms with Crippen LogP contribution < -0.4 is 0 Å². The molecule has 3 aromatic rings. The Labute approximate surface area is 182 Å². The van der Waals surface area contributed by atoms with E-state index in [9.17, 15) is 14.7 Å². The van der Waals surface area contributed by atoms with E-state index in [4.69, 9.17) is 0 Å². The van der Waals surface area contributed by atoms with Gasteiger partial charge in [0.25, 0.3) is 11.8 Å². The first-order valence-corrected chi connectivity index (χ1v) is 10.9. The predicted octanol–water partition coefficient (Wildman–Crippen LogP) is 4.20. The van der Waals surface area contributed by atoms with E-state index in [0.29, 0.717) is 43.7 Å². The highest BCUT2D eigenvalue weighted by Gasteiger charge is 2.26. The zero-order valence-electron chi connectivity index (χ0n) is 18.0. The molecule has 1 heterocycles. The maximum atomic E-state index is 13.1. The van der Waals surface area contributed by atoms with Gasteiger partial charge >= 0.3 is 0 Å². The van der Waals surface area contributed by atoms with Crippen molar-refractivity contribution < 1.29 is 14.7 Å². The molecule has 1 saturated heterocycles. The van der Waals surface area contributed by atoms with Gasteiger partial charge in [-0.1, -0.05) is 42.5 Å². The normalized spacial score (nSPS) is 16.0. The number of aliphatic hydroxyl groups is 1. The van der Waals surface area contributed by atoms with Gasteiger partial charge in [-0.25, -0.2) is 0 Å². The van der Waals surface area contributed by atoms with Crippen LogP contribution in [0.25, 0.3) is 21.9 Å². The number of nitrogens with zero attached hydrogens (tertiary/aromatic N) is 2. The minimum atomic E-state index is -0.444. The summed E-state index contributed by atoms with van der Waals surface area (Å²) in [7, 11) is 0. The average molecular weight is 417 g/mol. The summed E-state index contributed by atoms with van der Waals surface area (Å²) in [4.78, 5) is 29.5. The van der Waals surface area contributed by atoms with E-state index >= 15 is 0 Å². The molecule has 1 aliphatic rings. The van der Waals surface area contributed by atoms with E-state index in [2.05, 4.69) is 0 Å². The zero-order chi connectivity index (χ0) is 22.0. The number of carbonyl (C=O) groups is 2. The number of hydrogen-bond acceptors (Lipinski definition) is 3. The van der Waals surface area contributed by atoms with Crippen LogP contribution in [0.1, 0.15) is 41.0 Å². The molecule has 0 unspecified atom stereocenters. The van der Waals surface area contributed by atoms with Gasteiger partial charge in [-0.2, -0.15) is 0 Å². The van der Waals surface area contributed by atoms with Gasteiger partial charge in [0.15, 0.2) is 0 Å². The molecule has 1 atom stereocenters. The number of rotatable bonds is 5. The number of likely N-dealkylation sites (tertiary alicyclic amines) is 1. The summed E-state index contributed by atoms with van der Waals surface area (Å²) >= 11 is 0. The number of fused-ring (bicyclic) bond motifs is 1. The number of hydrogen-bond donors (Lipinski definition) is 1. The molecule has 3 aromatic carbocycles. The fourth-order valence-corrected chi connectivity index (χ4v) is 4.36. The van der Waals surface area contributed by atoms with Crippen LogP contribution in [0.2, 0.25) is 0 Å². The molecule has 0 radical (unpaired) electrons. The monoisotopic (exact) mass is 416 g/mol. The van der Waals surface area contributed by atoms with Crippen molar-refractivity contribution in [2.45, 2.75) is 26.4 Å². The first-order valence-electron chi connectivity index (χ1n) is 10.9. The van der Waals surface area contributed by atoms with Crippen LogP contribution in [0.4, 0.5) is 0 Å². The van der Waals surface area contributed by atoms with E-state index < -0.39 is 6.10 Å². The summed E-state index contributed by atoms with van der Waals surface area (Å²) in [6.45, 7) is 6.26. The van der Waals surface area contributed by atoms with Crippen LogP contribution >= 0.6 is 0 Å². The van der Waals surface area contributed by atoms with Crippen molar-refractivity contribution in [3.05, 3.63) is 71.8 Å². The largest absolute Gasteiger partial charge is 0.391 e. The minimum Gasteiger partial charge on any atom is -0.391 e. The quantitative estimate of drug-likeness (QED) is 0.678. The van der Waals surface area contributed by atoms with Crippen molar-refractivity contribution in [3.63, 3.8) is 0 Å². The molecule has 4 rings (SSSR count). The van der Waals surface area contributed by atoms with Crippen molar-refractivity contribution in [1.82, 2.24) is 9.80 Å². The van der Waals surface area contributed by atoms with Crippen molar-refractivity contribution >= 4 is 22.6 Å². The van der Waals surface area contributed by atoms with Gasteiger partial charge in [0.2, 0.25) is 0 Å². The maximum Gasteiger partial charge on any atom is 0.254 e. The van der Waals surface area contributed by atoms with Gasteiger partial charge in [0, 0.05) is 37.3 Å². The lowest BCUT2D eigenvalue weighted by Crippen LogP contribution is -2.30. The number of carbonyl (C=O) groups excluding carboxylic acids is 2. The van der Waals surface area contributed by atoms with Crippen molar-refractivity contribution in [1.29, 1.82) is 0 Å². The third-order valence-electron chi connectivity index (χ3n) is 6.07. The second-order valence-corrected chi connectivity index (χ2v) is 7.96. The van der Waals surface area contributed by atoms with Gasteiger partial charge in [-0.05, 0) is 60.4 Å². The Hall–Kier alpha value is -3.18. The van der Waals surface area contributed by atoms with E-state index in [0.717, 1.165) is 21.9 Å². The number of amides is 2. The molecule has 1 fully saturated rings. The van der Waals surface area contributed by atoms with Crippen LogP contribution in [0.3, 0.4) is 0 Å². The molecule has 1 N–H and O–H groups in total. The standard InChI is InChI=1S/C26H28N2O3/c1-3-27(4-2)25(30)19-9-5-8-18(16-19)21-10-6-12-23-22(21)11-7-13-24(23)26(31)28-15-14-20(29)17-28/h5-13,16,20,29H,3-4,14-15,17H2,1-2H3/t20-/m0/s1. The SMILES string of the molecule is CCN(CC)C(=O)c1cccc(-c2cccc3c(C(=O)N4CC[C@H](O)C4)cccc23)c1. The van der Waals surface area contributed by atoms with Crippen LogP contribution in [0.5, 0.6) is 0 Å². The fourth-order valence-electron chi connectivity index (χ4n) is 4.36. The van der Waals surface area contributed by atoms with Crippen LogP contribution in [-0.4, -0.2) is 59.0 Å². The maximum absolute atomic E-state index is 13.1. The smallest absolute Gasteiger partial charge is 0.254 e. The molecule has 2 amide bonds. The Bertz CT molecular complexity index is 1120. The van der Waals surface area contributed by atoms with Gasteiger partial charge in [0.05, 0.1) is 6.10 Å². The lowest BCUT2D eigenvalue weighted by atomic mass is 9.94. The average Bonchev–Trinajstić information content (AvgIpc) is 3.25. The molecule has 5 heteroatoms. The van der Waals surface area contributed by atoms with E-state index in [1.165, 1.54) is 0 Å². The molecule has 0 bridgehead atoms.